The number of halogens is 1. The molecule has 0 radical (unpaired) electrons. The quantitative estimate of drug-likeness (QED) is 0.279. The highest BCUT2D eigenvalue weighted by Gasteiger charge is 2.32. The maximum atomic E-state index is 13.3. The maximum Gasteiger partial charge on any atom is 0.351 e. The number of aliphatic hydroxyl groups is 1. The molecule has 2 aliphatic heterocycles. The summed E-state index contributed by atoms with van der Waals surface area (Å²) in [5.41, 5.74) is 1.11. The summed E-state index contributed by atoms with van der Waals surface area (Å²) in [6, 6.07) is 6.29. The number of thioether (sulfide) groups is 2. The van der Waals surface area contributed by atoms with E-state index in [-0.39, 0.29) is 29.7 Å². The van der Waals surface area contributed by atoms with Crippen LogP contribution in [0.5, 0.6) is 0 Å². The van der Waals surface area contributed by atoms with Crippen molar-refractivity contribution in [2.75, 3.05) is 36.2 Å². The van der Waals surface area contributed by atoms with E-state index in [1.807, 2.05) is 23.9 Å². The van der Waals surface area contributed by atoms with Gasteiger partial charge in [-0.05, 0) is 55.1 Å². The predicted molar refractivity (Wildman–Crippen MR) is 143 cm³/mol. The van der Waals surface area contributed by atoms with Crippen LogP contribution in [0.1, 0.15) is 50.5 Å². The van der Waals surface area contributed by atoms with Crippen molar-refractivity contribution in [3.63, 3.8) is 0 Å². The first-order valence-corrected chi connectivity index (χ1v) is 15.4. The molecule has 1 amide bonds. The Balaban J connectivity index is 1.27. The second-order valence-corrected chi connectivity index (χ2v) is 12.2. The van der Waals surface area contributed by atoms with E-state index in [9.17, 15) is 14.3 Å². The lowest BCUT2D eigenvalue weighted by Gasteiger charge is -2.32. The average molecular weight is 524 g/mol. The fourth-order valence-corrected chi connectivity index (χ4v) is 7.35. The van der Waals surface area contributed by atoms with Crippen LogP contribution in [-0.4, -0.2) is 76.2 Å². The van der Waals surface area contributed by atoms with Gasteiger partial charge in [0.2, 0.25) is 6.04 Å². The van der Waals surface area contributed by atoms with Gasteiger partial charge in [-0.2, -0.15) is 11.8 Å². The van der Waals surface area contributed by atoms with Crippen molar-refractivity contribution in [2.24, 2.45) is 5.92 Å². The van der Waals surface area contributed by atoms with Crippen molar-refractivity contribution < 1.29 is 19.3 Å². The molecular weight excluding hydrogens is 483 g/mol. The number of carbonyl (C=O) groups excluding carboxylic acids is 1. The number of aliphatic hydroxyl groups excluding tert-OH is 1. The first kappa shape index (κ1) is 26.8. The molecule has 1 saturated carbocycles. The SMILES string of the molecule is O=C(NC1CCN(Cc2ccc(F)cc2)CC1)[C@H](CSCC1CCCCC1)[NH+]=C(O)[C@@H]1CSCN1. The molecule has 3 fully saturated rings. The number of amides is 1. The fraction of sp³-hybridized carbons (Fsp3) is 0.692. The highest BCUT2D eigenvalue weighted by molar-refractivity contribution is 7.99. The molecule has 2 heterocycles. The van der Waals surface area contributed by atoms with E-state index in [0.717, 1.165) is 61.3 Å². The number of nitrogens with zero attached hydrogens (tertiary/aromatic N) is 1. The molecule has 4 rings (SSSR count). The zero-order chi connectivity index (χ0) is 24.5. The van der Waals surface area contributed by atoms with Crippen LogP contribution in [-0.2, 0) is 11.3 Å². The van der Waals surface area contributed by atoms with Gasteiger partial charge in [0.25, 0.3) is 5.91 Å². The Morgan fingerprint density at radius 1 is 1.20 bits per heavy atom. The highest BCUT2D eigenvalue weighted by Crippen LogP contribution is 2.26. The van der Waals surface area contributed by atoms with Crippen molar-refractivity contribution in [3.8, 4) is 0 Å². The fourth-order valence-electron chi connectivity index (χ4n) is 5.12. The molecule has 0 unspecified atom stereocenters. The van der Waals surface area contributed by atoms with Gasteiger partial charge in [0, 0.05) is 37.3 Å². The Bertz CT molecular complexity index is 821. The molecule has 6 nitrogen and oxygen atoms in total. The van der Waals surface area contributed by atoms with E-state index in [2.05, 4.69) is 20.5 Å². The Hall–Kier alpha value is -1.29. The van der Waals surface area contributed by atoms with Crippen LogP contribution in [0.2, 0.25) is 0 Å². The van der Waals surface area contributed by atoms with Gasteiger partial charge < -0.3 is 10.4 Å². The monoisotopic (exact) mass is 523 g/mol. The molecule has 2 saturated heterocycles. The predicted octanol–water partition coefficient (Wildman–Crippen LogP) is 2.29. The van der Waals surface area contributed by atoms with Gasteiger partial charge in [0.05, 0.1) is 5.75 Å². The van der Waals surface area contributed by atoms with Gasteiger partial charge in [-0.1, -0.05) is 31.4 Å². The molecule has 194 valence electrons. The third kappa shape index (κ3) is 8.65. The van der Waals surface area contributed by atoms with E-state index in [1.165, 1.54) is 44.2 Å². The number of benzene rings is 1. The van der Waals surface area contributed by atoms with Crippen LogP contribution < -0.4 is 15.6 Å². The Morgan fingerprint density at radius 2 is 1.94 bits per heavy atom. The average Bonchev–Trinajstić information content (AvgIpc) is 3.42. The van der Waals surface area contributed by atoms with Crippen molar-refractivity contribution in [2.45, 2.75) is 69.6 Å². The minimum absolute atomic E-state index is 0.0182. The van der Waals surface area contributed by atoms with Crippen molar-refractivity contribution in [1.82, 2.24) is 15.5 Å². The molecule has 1 aliphatic carbocycles. The van der Waals surface area contributed by atoms with Crippen LogP contribution in [0, 0.1) is 11.7 Å². The largest absolute Gasteiger partial charge is 0.462 e. The smallest absolute Gasteiger partial charge is 0.351 e. The summed E-state index contributed by atoms with van der Waals surface area (Å²) in [5, 5.41) is 17.1. The summed E-state index contributed by atoms with van der Waals surface area (Å²) >= 11 is 3.59. The lowest BCUT2D eigenvalue weighted by Crippen LogP contribution is -2.86. The molecule has 0 bridgehead atoms. The first-order chi connectivity index (χ1) is 17.1. The normalized spacial score (nSPS) is 23.9. The van der Waals surface area contributed by atoms with Crippen LogP contribution in [0.25, 0.3) is 0 Å². The summed E-state index contributed by atoms with van der Waals surface area (Å²) < 4.78 is 13.2. The van der Waals surface area contributed by atoms with Crippen LogP contribution in [0.3, 0.4) is 0 Å². The summed E-state index contributed by atoms with van der Waals surface area (Å²) in [6.07, 6.45) is 8.39. The standard InChI is InChI=1S/C26H39FN4O2S2/c27-21-8-6-19(7-9-21)14-31-12-10-22(11-13-31)29-26(33)24(30-25(32)23-16-35-18-28-23)17-34-15-20-4-2-1-3-5-20/h6-9,20,22-24,28H,1-5,10-18H2,(H,29,33)(H,30,32)/p+1/t23-,24-/m0/s1. The van der Waals surface area contributed by atoms with Crippen molar-refractivity contribution in [3.05, 3.63) is 35.6 Å². The Kier molecular flexibility index (Phi) is 10.6. The van der Waals surface area contributed by atoms with Gasteiger partial charge in [-0.25, -0.2) is 9.38 Å². The van der Waals surface area contributed by atoms with Gasteiger partial charge in [-0.3, -0.25) is 15.0 Å². The second kappa shape index (κ2) is 13.9. The molecule has 0 spiro atoms. The number of piperidine rings is 1. The molecule has 0 aromatic heterocycles. The van der Waals surface area contributed by atoms with Gasteiger partial charge >= 0.3 is 5.90 Å². The minimum atomic E-state index is -0.437. The van der Waals surface area contributed by atoms with Gasteiger partial charge in [0.1, 0.15) is 11.9 Å². The molecule has 4 N–H and O–H groups in total. The number of carbonyl (C=O) groups is 1. The third-order valence-electron chi connectivity index (χ3n) is 7.30. The molecule has 3 aliphatic rings. The minimum Gasteiger partial charge on any atom is -0.462 e. The van der Waals surface area contributed by atoms with E-state index < -0.39 is 6.04 Å². The van der Waals surface area contributed by atoms with Crippen molar-refractivity contribution in [1.29, 1.82) is 0 Å². The number of hydrogen-bond donors (Lipinski definition) is 4. The molecular formula is C26H40FN4O2S2+. The molecule has 1 aromatic carbocycles. The molecule has 2 atom stereocenters. The summed E-state index contributed by atoms with van der Waals surface area (Å²) in [6.45, 7) is 2.60. The maximum absolute atomic E-state index is 13.3. The number of rotatable bonds is 10. The third-order valence-corrected chi connectivity index (χ3v) is 9.52. The van der Waals surface area contributed by atoms with Gasteiger partial charge in [-0.15, -0.1) is 11.8 Å². The summed E-state index contributed by atoms with van der Waals surface area (Å²) in [5.74, 6) is 4.10. The Morgan fingerprint density at radius 3 is 2.63 bits per heavy atom. The zero-order valence-electron chi connectivity index (χ0n) is 20.5. The van der Waals surface area contributed by atoms with Gasteiger partial charge in [0.15, 0.2) is 0 Å². The number of hydrogen-bond acceptors (Lipinski definition) is 5. The van der Waals surface area contributed by atoms with E-state index in [0.29, 0.717) is 5.75 Å². The number of nitrogens with one attached hydrogen (secondary N) is 3. The van der Waals surface area contributed by atoms with E-state index >= 15 is 0 Å². The topological polar surface area (TPSA) is 78.6 Å². The highest BCUT2D eigenvalue weighted by atomic mass is 32.2. The van der Waals surface area contributed by atoms with Crippen molar-refractivity contribution >= 4 is 35.3 Å². The first-order valence-electron chi connectivity index (χ1n) is 13.0. The van der Waals surface area contributed by atoms with Crippen LogP contribution in [0.4, 0.5) is 4.39 Å². The summed E-state index contributed by atoms with van der Waals surface area (Å²) in [4.78, 5) is 18.8. The Labute approximate surface area is 217 Å². The zero-order valence-corrected chi connectivity index (χ0v) is 22.1. The van der Waals surface area contributed by atoms with Crippen LogP contribution in [0.15, 0.2) is 24.3 Å². The lowest BCUT2D eigenvalue weighted by molar-refractivity contribution is -0.492. The molecule has 35 heavy (non-hydrogen) atoms. The van der Waals surface area contributed by atoms with E-state index in [4.69, 9.17) is 0 Å². The molecule has 1 aromatic rings. The lowest BCUT2D eigenvalue weighted by atomic mass is 9.91. The second-order valence-electron chi connectivity index (χ2n) is 10.1. The van der Waals surface area contributed by atoms with Crippen LogP contribution >= 0.6 is 23.5 Å². The summed E-state index contributed by atoms with van der Waals surface area (Å²) in [7, 11) is 0. The molecule has 9 heteroatoms. The number of likely N-dealkylation sites (tertiary alicyclic amines) is 1. The van der Waals surface area contributed by atoms with E-state index in [1.54, 1.807) is 11.8 Å².